The molecule has 0 radical (unpaired) electrons. The molecule has 1 fully saturated rings. The van der Waals surface area contributed by atoms with Gasteiger partial charge in [0.05, 0.1) is 81.9 Å². The molecule has 7 atom stereocenters. The summed E-state index contributed by atoms with van der Waals surface area (Å²) in [6.07, 6.45) is -0.736. The van der Waals surface area contributed by atoms with Crippen molar-refractivity contribution in [3.63, 3.8) is 0 Å². The van der Waals surface area contributed by atoms with Gasteiger partial charge in [-0.15, -0.1) is 0 Å². The number of hydrogen-bond acceptors (Lipinski definition) is 23. The number of carbonyl (C=O) groups is 8. The molecule has 5 heterocycles. The van der Waals surface area contributed by atoms with Crippen LogP contribution in [0.4, 0.5) is 27.5 Å². The Morgan fingerprint density at radius 2 is 1.15 bits per heavy atom. The molecule has 0 unspecified atom stereocenters. The number of methoxy groups -OCH3 is 4. The van der Waals surface area contributed by atoms with Gasteiger partial charge in [-0.3, -0.25) is 44.1 Å². The van der Waals surface area contributed by atoms with Crippen LogP contribution in [-0.4, -0.2) is 161 Å². The highest BCUT2D eigenvalue weighted by Crippen LogP contribution is 2.43. The van der Waals surface area contributed by atoms with Crippen molar-refractivity contribution in [1.82, 2.24) is 9.80 Å². The molecule has 27 heteroatoms. The van der Waals surface area contributed by atoms with E-state index in [4.69, 9.17) is 72.6 Å². The number of rotatable bonds is 23. The number of anilines is 2. The number of aliphatic imine (C=N–C) groups is 2. The number of nitrogens with zero attached hydrogens (tertiary/aromatic N) is 4. The molecule has 93 heavy (non-hydrogen) atoms. The molecule has 0 saturated carbocycles. The van der Waals surface area contributed by atoms with E-state index >= 15 is 0 Å². The molecule has 486 valence electrons. The Kier molecular flexibility index (Phi) is 20.3. The van der Waals surface area contributed by atoms with Gasteiger partial charge in [-0.1, -0.05) is 30.3 Å². The van der Waals surface area contributed by atoms with Gasteiger partial charge >= 0.3 is 30.0 Å². The minimum Gasteiger partial charge on any atom is -0.497 e. The molecule has 5 aromatic rings. The lowest BCUT2D eigenvalue weighted by Crippen LogP contribution is -2.64. The van der Waals surface area contributed by atoms with E-state index in [-0.39, 0.29) is 62.1 Å². The van der Waals surface area contributed by atoms with Crippen molar-refractivity contribution in [3.8, 4) is 34.5 Å². The number of amides is 4. The van der Waals surface area contributed by atoms with Crippen molar-refractivity contribution in [2.45, 2.75) is 95.9 Å². The topological polar surface area (TPSA) is 329 Å². The first-order chi connectivity index (χ1) is 44.8. The first-order valence-corrected chi connectivity index (χ1v) is 29.4. The zero-order valence-corrected chi connectivity index (χ0v) is 51.7. The maximum absolute atomic E-state index is 14.2. The molecule has 0 aliphatic carbocycles. The van der Waals surface area contributed by atoms with Crippen LogP contribution in [0.1, 0.15) is 83.9 Å². The molecule has 10 rings (SSSR count). The minimum atomic E-state index is -1.75. The predicted molar refractivity (Wildman–Crippen MR) is 333 cm³/mol. The second kappa shape index (κ2) is 29.0. The summed E-state index contributed by atoms with van der Waals surface area (Å²) in [5.41, 5.74) is 11.6. The molecule has 4 N–H and O–H groups in total. The Morgan fingerprint density at radius 3 is 1.67 bits per heavy atom. The number of nitrogens with two attached hydrogens (primary N) is 1. The first-order valence-electron chi connectivity index (χ1n) is 29.4. The molecule has 5 aromatic carbocycles. The summed E-state index contributed by atoms with van der Waals surface area (Å²) in [7, 11) is 5.65. The van der Waals surface area contributed by atoms with Crippen LogP contribution < -0.4 is 44.8 Å². The Labute approximate surface area is 533 Å². The van der Waals surface area contributed by atoms with E-state index in [0.717, 1.165) is 55.9 Å². The second-order valence-corrected chi connectivity index (χ2v) is 21.6. The van der Waals surface area contributed by atoms with Gasteiger partial charge in [0, 0.05) is 95.6 Å². The standard InChI is InChI=1S/C66H67N7O20/c1-35(74)89-58-59(90-36(2)75)61(91-37(3)76)65(93-60(58)64(80)85-7)92-52-18-9-38(23-51(52)71-57(77)19-20-67)34-88-66(81)70-43-14-10-39(11-15-43)41-24-44-30-68-49-28-55(53(83-5)26-47(49)62(78)72(44)32-41)86-21-8-22-87-56-29-50-48(27-54(56)84-6)63(79)73-33-42(25-45(73)31-69-50)40-12-16-46(82-4)17-13-40/h9-18,23,26-33,44-45,58-61,65H,8,19-22,24-25,34,67H2,1-7H3,(H,70,81)(H,71,77)/t44-,45-,58-,59-,60-,61+,65-/m0/s1. The van der Waals surface area contributed by atoms with Crippen molar-refractivity contribution >= 4 is 94.0 Å². The lowest BCUT2D eigenvalue weighted by Gasteiger charge is -2.43. The largest absolute Gasteiger partial charge is 0.497 e. The average molecular weight is 1280 g/mol. The van der Waals surface area contributed by atoms with Gasteiger partial charge in [-0.05, 0) is 76.4 Å². The fraction of sp³-hybridized carbons (Fsp3) is 0.333. The number of nitrogens with one attached hydrogen (secondary N) is 2. The van der Waals surface area contributed by atoms with E-state index in [2.05, 4.69) is 10.6 Å². The van der Waals surface area contributed by atoms with Crippen molar-refractivity contribution < 1.29 is 95.2 Å². The number of hydrogen-bond donors (Lipinski definition) is 3. The summed E-state index contributed by atoms with van der Waals surface area (Å²) in [6.45, 7) is 3.26. The maximum Gasteiger partial charge on any atom is 0.411 e. The summed E-state index contributed by atoms with van der Waals surface area (Å²) in [5.74, 6) is -2.59. The summed E-state index contributed by atoms with van der Waals surface area (Å²) in [4.78, 5) is 117. The lowest BCUT2D eigenvalue weighted by atomic mass is 9.97. The number of benzene rings is 5. The number of carbonyl (C=O) groups excluding carboxylic acids is 8. The van der Waals surface area contributed by atoms with E-state index in [1.807, 2.05) is 30.5 Å². The van der Waals surface area contributed by atoms with Crippen molar-refractivity contribution in [1.29, 1.82) is 0 Å². The molecule has 4 amide bonds. The predicted octanol–water partition coefficient (Wildman–Crippen LogP) is 7.61. The molecule has 5 aliphatic heterocycles. The smallest absolute Gasteiger partial charge is 0.411 e. The van der Waals surface area contributed by atoms with Crippen LogP contribution in [0, 0.1) is 0 Å². The van der Waals surface area contributed by atoms with E-state index in [0.29, 0.717) is 76.0 Å². The number of ether oxygens (including phenoxy) is 12. The third-order valence-electron chi connectivity index (χ3n) is 15.3. The SMILES string of the molecule is COC(=O)[C@H]1O[C@H](Oc2ccc(COC(=O)Nc3ccc(C4=CN5C(=O)c6cc(OC)c(OCCCOc7cc8c(cc7OC)C(=O)N7C=C(c9ccc(OC)cc9)C[C@H]7C=N8)cc6N=C[C@@H]5C4)cc3)cc2NC(=O)CCN)[C@H](OC(C)=O)[C@@H](OC(C)=O)[C@@H]1OC(C)=O. The molecular weight excluding hydrogens is 1210 g/mol. The summed E-state index contributed by atoms with van der Waals surface area (Å²) in [6, 6.07) is 24.9. The van der Waals surface area contributed by atoms with Crippen LogP contribution in [0.5, 0.6) is 34.5 Å². The summed E-state index contributed by atoms with van der Waals surface area (Å²) >= 11 is 0. The summed E-state index contributed by atoms with van der Waals surface area (Å²) in [5, 5.41) is 5.36. The highest BCUT2D eigenvalue weighted by Gasteiger charge is 2.56. The Hall–Kier alpha value is -10.8. The monoisotopic (exact) mass is 1280 g/mol. The molecule has 0 spiro atoms. The van der Waals surface area contributed by atoms with Crippen LogP contribution in [-0.2, 0) is 59.0 Å². The fourth-order valence-corrected chi connectivity index (χ4v) is 11.0. The quantitative estimate of drug-likeness (QED) is 0.0322. The highest BCUT2D eigenvalue weighted by molar-refractivity contribution is 6.07. The minimum absolute atomic E-state index is 0.00849. The normalized spacial score (nSPS) is 19.9. The van der Waals surface area contributed by atoms with Crippen LogP contribution in [0.25, 0.3) is 11.1 Å². The zero-order chi connectivity index (χ0) is 66.0. The van der Waals surface area contributed by atoms with Crippen LogP contribution in [0.15, 0.2) is 113 Å². The van der Waals surface area contributed by atoms with Gasteiger partial charge in [-0.25, -0.2) is 9.59 Å². The van der Waals surface area contributed by atoms with Gasteiger partial charge in [0.15, 0.2) is 41.3 Å². The third-order valence-corrected chi connectivity index (χ3v) is 15.3. The van der Waals surface area contributed by atoms with Crippen molar-refractivity contribution in [2.24, 2.45) is 15.7 Å². The number of esters is 4. The van der Waals surface area contributed by atoms with E-state index in [9.17, 15) is 38.4 Å². The second-order valence-electron chi connectivity index (χ2n) is 21.6. The highest BCUT2D eigenvalue weighted by atomic mass is 16.7. The molecule has 27 nitrogen and oxygen atoms in total. The molecule has 5 aliphatic rings. The van der Waals surface area contributed by atoms with Crippen molar-refractivity contribution in [2.75, 3.05) is 58.8 Å². The zero-order valence-electron chi connectivity index (χ0n) is 51.7. The van der Waals surface area contributed by atoms with Gasteiger partial charge in [0.1, 0.15) is 18.1 Å². The lowest BCUT2D eigenvalue weighted by molar-refractivity contribution is -0.282. The van der Waals surface area contributed by atoms with Crippen molar-refractivity contribution in [3.05, 3.63) is 131 Å². The van der Waals surface area contributed by atoms with Gasteiger partial charge < -0.3 is 77.7 Å². The van der Waals surface area contributed by atoms with Crippen LogP contribution >= 0.6 is 0 Å². The average Bonchev–Trinajstić information content (AvgIpc) is 1.79. The Morgan fingerprint density at radius 1 is 0.613 bits per heavy atom. The Balaban J connectivity index is 0.735. The van der Waals surface area contributed by atoms with Crippen LogP contribution in [0.3, 0.4) is 0 Å². The molecular formula is C66H67N7O20. The fourth-order valence-electron chi connectivity index (χ4n) is 11.0. The molecule has 0 aromatic heterocycles. The van der Waals surface area contributed by atoms with Crippen LogP contribution in [0.2, 0.25) is 0 Å². The maximum atomic E-state index is 14.2. The number of fused-ring (bicyclic) bond motifs is 4. The first kappa shape index (κ1) is 65.2. The van der Waals surface area contributed by atoms with E-state index in [1.54, 1.807) is 84.1 Å². The molecule has 0 bridgehead atoms. The van der Waals surface area contributed by atoms with Gasteiger partial charge in [0.2, 0.25) is 18.3 Å². The van der Waals surface area contributed by atoms with Gasteiger partial charge in [-0.2, -0.15) is 0 Å². The summed E-state index contributed by atoms with van der Waals surface area (Å²) < 4.78 is 67.7. The Bertz CT molecular complexity index is 3850. The third kappa shape index (κ3) is 15.0. The van der Waals surface area contributed by atoms with E-state index < -0.39 is 72.6 Å². The van der Waals surface area contributed by atoms with Gasteiger partial charge in [0.25, 0.3) is 11.8 Å². The molecule has 1 saturated heterocycles. The van der Waals surface area contributed by atoms with E-state index in [1.165, 1.54) is 32.4 Å².